The highest BCUT2D eigenvalue weighted by molar-refractivity contribution is 14.1. The molecule has 150 valence electrons. The predicted octanol–water partition coefficient (Wildman–Crippen LogP) is 4.97. The van der Waals surface area contributed by atoms with E-state index in [-0.39, 0.29) is 23.9 Å². The lowest BCUT2D eigenvalue weighted by molar-refractivity contribution is -0.384. The molecule has 0 heterocycles. The van der Waals surface area contributed by atoms with Crippen LogP contribution >= 0.6 is 38.5 Å². The molecule has 2 rings (SSSR count). The van der Waals surface area contributed by atoms with Crippen LogP contribution in [0.5, 0.6) is 5.75 Å². The molecule has 1 amide bonds. The first kappa shape index (κ1) is 22.8. The summed E-state index contributed by atoms with van der Waals surface area (Å²) in [5.41, 5.74) is 1.51. The molecular weight excluding hydrogens is 553 g/mol. The number of nitrogens with zero attached hydrogens (tertiary/aromatic N) is 2. The van der Waals surface area contributed by atoms with Gasteiger partial charge in [0.25, 0.3) is 11.6 Å². The normalized spacial score (nSPS) is 11.1. The number of nitrogens with one attached hydrogen (secondary N) is 1. The molecule has 0 aliphatic carbocycles. The molecule has 0 aliphatic heterocycles. The lowest BCUT2D eigenvalue weighted by atomic mass is 10.1. The van der Waals surface area contributed by atoms with Gasteiger partial charge in [-0.05, 0) is 93.8 Å². The number of non-ortho nitro benzene ring substituents is 1. The zero-order chi connectivity index (χ0) is 21.6. The largest absolute Gasteiger partial charge is 0.487 e. The minimum Gasteiger partial charge on any atom is -0.487 e. The van der Waals surface area contributed by atoms with E-state index in [4.69, 9.17) is 4.74 Å². The Morgan fingerprint density at radius 3 is 2.55 bits per heavy atom. The second-order valence-electron chi connectivity index (χ2n) is 6.32. The molecule has 2 aromatic rings. The fourth-order valence-electron chi connectivity index (χ4n) is 2.33. The van der Waals surface area contributed by atoms with Gasteiger partial charge in [0.2, 0.25) is 0 Å². The molecule has 0 radical (unpaired) electrons. The molecule has 0 bridgehead atoms. The summed E-state index contributed by atoms with van der Waals surface area (Å²) >= 11 is 5.57. The number of carbonyl (C=O) groups excluding carboxylic acids is 1. The van der Waals surface area contributed by atoms with Crippen molar-refractivity contribution in [3.05, 3.63) is 71.3 Å². The van der Waals surface area contributed by atoms with Gasteiger partial charge in [-0.1, -0.05) is 0 Å². The van der Waals surface area contributed by atoms with Crippen LogP contribution in [-0.2, 0) is 11.4 Å². The van der Waals surface area contributed by atoms with Crippen LogP contribution in [0, 0.1) is 25.0 Å². The number of rotatable bonds is 7. The van der Waals surface area contributed by atoms with Crippen LogP contribution < -0.4 is 10.1 Å². The first-order chi connectivity index (χ1) is 13.7. The van der Waals surface area contributed by atoms with Crippen molar-refractivity contribution < 1.29 is 14.5 Å². The Balaban J connectivity index is 2.18. The molecule has 0 unspecified atom stereocenters. The van der Waals surface area contributed by atoms with Crippen molar-refractivity contribution >= 4 is 56.2 Å². The molecule has 1 N–H and O–H groups in total. The van der Waals surface area contributed by atoms with Crippen molar-refractivity contribution in [2.75, 3.05) is 0 Å². The van der Waals surface area contributed by atoms with E-state index in [1.165, 1.54) is 18.2 Å². The number of hydrogen-bond acceptors (Lipinski definition) is 5. The smallest absolute Gasteiger partial charge is 0.269 e. The van der Waals surface area contributed by atoms with Crippen molar-refractivity contribution in [1.29, 1.82) is 5.26 Å². The van der Waals surface area contributed by atoms with E-state index in [9.17, 15) is 20.2 Å². The van der Waals surface area contributed by atoms with Gasteiger partial charge in [0, 0.05) is 18.2 Å². The fourth-order valence-corrected chi connectivity index (χ4v) is 4.09. The summed E-state index contributed by atoms with van der Waals surface area (Å²) in [6, 6.07) is 11.6. The van der Waals surface area contributed by atoms with Gasteiger partial charge in [-0.2, -0.15) is 5.26 Å². The van der Waals surface area contributed by atoms with Crippen molar-refractivity contribution in [1.82, 2.24) is 5.32 Å². The topological polar surface area (TPSA) is 105 Å². The summed E-state index contributed by atoms with van der Waals surface area (Å²) in [7, 11) is 0. The SMILES string of the molecule is CC(C)NC(=O)/C(C#N)=C\c1cc(Br)c(OCc2ccc([N+](=O)[O-])cc2)c(I)c1. The molecule has 0 fully saturated rings. The maximum absolute atomic E-state index is 12.1. The fraction of sp³-hybridized carbons (Fsp3) is 0.200. The number of amides is 1. The van der Waals surface area contributed by atoms with E-state index >= 15 is 0 Å². The zero-order valence-electron chi connectivity index (χ0n) is 15.6. The number of nitriles is 1. The first-order valence-corrected chi connectivity index (χ1v) is 10.4. The Bertz CT molecular complexity index is 975. The molecule has 0 saturated heterocycles. The summed E-state index contributed by atoms with van der Waals surface area (Å²) in [5.74, 6) is 0.179. The maximum atomic E-state index is 12.1. The van der Waals surface area contributed by atoms with E-state index in [0.717, 1.165) is 9.13 Å². The van der Waals surface area contributed by atoms with Crippen LogP contribution in [0.25, 0.3) is 6.08 Å². The lowest BCUT2D eigenvalue weighted by Gasteiger charge is -2.12. The van der Waals surface area contributed by atoms with Crippen molar-refractivity contribution in [3.8, 4) is 11.8 Å². The van der Waals surface area contributed by atoms with Gasteiger partial charge in [0.15, 0.2) is 0 Å². The molecular formula is C20H17BrIN3O4. The van der Waals surface area contributed by atoms with Gasteiger partial charge in [0.1, 0.15) is 24.0 Å². The number of nitro groups is 1. The highest BCUT2D eigenvalue weighted by Gasteiger charge is 2.13. The van der Waals surface area contributed by atoms with Crippen molar-refractivity contribution in [2.45, 2.75) is 26.5 Å². The molecule has 9 heteroatoms. The zero-order valence-corrected chi connectivity index (χ0v) is 19.4. The molecule has 0 aliphatic rings. The van der Waals surface area contributed by atoms with Crippen molar-refractivity contribution in [2.24, 2.45) is 0 Å². The first-order valence-electron chi connectivity index (χ1n) is 8.49. The van der Waals surface area contributed by atoms with E-state index in [1.807, 2.05) is 19.9 Å². The standard InChI is InChI=1S/C20H17BrIN3O4/c1-12(2)24-20(26)15(10-23)7-14-8-17(21)19(18(22)9-14)29-11-13-3-5-16(6-4-13)25(27)28/h3-9,12H,11H2,1-2H3,(H,24,26)/b15-7-. The molecule has 0 spiro atoms. The molecule has 0 aromatic heterocycles. The molecule has 0 atom stereocenters. The second-order valence-corrected chi connectivity index (χ2v) is 8.34. The minimum atomic E-state index is -0.451. The van der Waals surface area contributed by atoms with Crippen LogP contribution in [-0.4, -0.2) is 16.9 Å². The minimum absolute atomic E-state index is 0.0148. The molecule has 0 saturated carbocycles. The number of halogens is 2. The number of nitro benzene ring substituents is 1. The predicted molar refractivity (Wildman–Crippen MR) is 121 cm³/mol. The Morgan fingerprint density at radius 1 is 1.38 bits per heavy atom. The summed E-state index contributed by atoms with van der Waals surface area (Å²) in [4.78, 5) is 22.3. The number of carbonyl (C=O) groups is 1. The van der Waals surface area contributed by atoms with E-state index < -0.39 is 10.8 Å². The van der Waals surface area contributed by atoms with Crippen LogP contribution in [0.3, 0.4) is 0 Å². The van der Waals surface area contributed by atoms with E-state index in [0.29, 0.717) is 15.8 Å². The van der Waals surface area contributed by atoms with Gasteiger partial charge < -0.3 is 10.1 Å². The number of ether oxygens (including phenoxy) is 1. The van der Waals surface area contributed by atoms with Crippen LogP contribution in [0.4, 0.5) is 5.69 Å². The highest BCUT2D eigenvalue weighted by Crippen LogP contribution is 2.33. The second kappa shape index (κ2) is 10.4. The quantitative estimate of drug-likeness (QED) is 0.167. The summed E-state index contributed by atoms with van der Waals surface area (Å²) < 4.78 is 7.30. The Hall–Kier alpha value is -2.45. The Morgan fingerprint density at radius 2 is 2.03 bits per heavy atom. The third kappa shape index (κ3) is 6.54. The van der Waals surface area contributed by atoms with E-state index in [2.05, 4.69) is 43.8 Å². The third-order valence-electron chi connectivity index (χ3n) is 3.65. The van der Waals surface area contributed by atoms with Crippen LogP contribution in [0.2, 0.25) is 0 Å². The van der Waals surface area contributed by atoms with Gasteiger partial charge >= 0.3 is 0 Å². The van der Waals surface area contributed by atoms with Crippen LogP contribution in [0.1, 0.15) is 25.0 Å². The Kier molecular flexibility index (Phi) is 8.16. The summed E-state index contributed by atoms with van der Waals surface area (Å²) in [5, 5.41) is 22.7. The summed E-state index contributed by atoms with van der Waals surface area (Å²) in [6.45, 7) is 3.88. The number of benzene rings is 2. The molecule has 2 aromatic carbocycles. The lowest BCUT2D eigenvalue weighted by Crippen LogP contribution is -2.30. The average Bonchev–Trinajstić information content (AvgIpc) is 2.65. The van der Waals surface area contributed by atoms with Crippen LogP contribution in [0.15, 0.2) is 46.4 Å². The monoisotopic (exact) mass is 569 g/mol. The van der Waals surface area contributed by atoms with Gasteiger partial charge in [-0.15, -0.1) is 0 Å². The van der Waals surface area contributed by atoms with Gasteiger partial charge in [-0.25, -0.2) is 0 Å². The Labute approximate surface area is 190 Å². The molecule has 29 heavy (non-hydrogen) atoms. The van der Waals surface area contributed by atoms with E-state index in [1.54, 1.807) is 24.3 Å². The van der Waals surface area contributed by atoms with Crippen molar-refractivity contribution in [3.63, 3.8) is 0 Å². The van der Waals surface area contributed by atoms with Gasteiger partial charge in [-0.3, -0.25) is 14.9 Å². The maximum Gasteiger partial charge on any atom is 0.269 e. The average molecular weight is 570 g/mol. The van der Waals surface area contributed by atoms with Gasteiger partial charge in [0.05, 0.1) is 13.0 Å². The third-order valence-corrected chi connectivity index (χ3v) is 5.04. The summed E-state index contributed by atoms with van der Waals surface area (Å²) in [6.07, 6.45) is 1.52. The highest BCUT2D eigenvalue weighted by atomic mass is 127. The molecule has 7 nitrogen and oxygen atoms in total. The number of hydrogen-bond donors (Lipinski definition) is 1.